The molecular formula is C14H19N3O2S. The predicted octanol–water partition coefficient (Wildman–Crippen LogP) is 2.98. The third-order valence-corrected chi connectivity index (χ3v) is 4.76. The van der Waals surface area contributed by atoms with Crippen LogP contribution in [0.4, 0.5) is 0 Å². The first kappa shape index (κ1) is 14.7. The SMILES string of the molecule is CCC(CC)(Cc1nc(-c2cccs2)nn1C)C(=O)O. The highest BCUT2D eigenvalue weighted by Gasteiger charge is 2.36. The van der Waals surface area contributed by atoms with Gasteiger partial charge in [-0.15, -0.1) is 11.3 Å². The van der Waals surface area contributed by atoms with Gasteiger partial charge >= 0.3 is 5.97 Å². The average molecular weight is 293 g/mol. The Morgan fingerprint density at radius 2 is 2.15 bits per heavy atom. The molecule has 0 atom stereocenters. The Balaban J connectivity index is 2.32. The van der Waals surface area contributed by atoms with Gasteiger partial charge in [-0.05, 0) is 24.3 Å². The maximum Gasteiger partial charge on any atom is 0.310 e. The highest BCUT2D eigenvalue weighted by Crippen LogP contribution is 2.31. The number of aliphatic carboxylic acids is 1. The van der Waals surface area contributed by atoms with Gasteiger partial charge in [0.15, 0.2) is 5.82 Å². The number of hydrogen-bond donors (Lipinski definition) is 1. The first-order chi connectivity index (χ1) is 9.52. The number of nitrogens with zero attached hydrogens (tertiary/aromatic N) is 3. The van der Waals surface area contributed by atoms with Crippen molar-refractivity contribution in [2.24, 2.45) is 12.5 Å². The topological polar surface area (TPSA) is 68.0 Å². The second-order valence-corrected chi connectivity index (χ2v) is 5.87. The number of aryl methyl sites for hydroxylation is 1. The monoisotopic (exact) mass is 293 g/mol. The van der Waals surface area contributed by atoms with Gasteiger partial charge in [0, 0.05) is 13.5 Å². The molecule has 0 aliphatic carbocycles. The minimum atomic E-state index is -0.761. The van der Waals surface area contributed by atoms with Gasteiger partial charge in [-0.2, -0.15) is 5.10 Å². The van der Waals surface area contributed by atoms with Crippen LogP contribution in [0.5, 0.6) is 0 Å². The summed E-state index contributed by atoms with van der Waals surface area (Å²) in [5.41, 5.74) is -0.756. The molecule has 0 aromatic carbocycles. The first-order valence-electron chi connectivity index (χ1n) is 6.69. The highest BCUT2D eigenvalue weighted by molar-refractivity contribution is 7.13. The molecular weight excluding hydrogens is 274 g/mol. The molecule has 5 nitrogen and oxygen atoms in total. The molecule has 0 saturated carbocycles. The van der Waals surface area contributed by atoms with E-state index in [-0.39, 0.29) is 0 Å². The van der Waals surface area contributed by atoms with E-state index in [0.717, 1.165) is 10.7 Å². The summed E-state index contributed by atoms with van der Waals surface area (Å²) in [6.45, 7) is 3.82. The Morgan fingerprint density at radius 1 is 1.45 bits per heavy atom. The van der Waals surface area contributed by atoms with Crippen molar-refractivity contribution >= 4 is 17.3 Å². The minimum absolute atomic E-state index is 0.407. The molecule has 2 rings (SSSR count). The van der Waals surface area contributed by atoms with E-state index >= 15 is 0 Å². The van der Waals surface area contributed by atoms with E-state index in [1.54, 1.807) is 16.0 Å². The summed E-state index contributed by atoms with van der Waals surface area (Å²) in [7, 11) is 1.82. The van der Waals surface area contributed by atoms with Crippen LogP contribution in [0.25, 0.3) is 10.7 Å². The average Bonchev–Trinajstić information content (AvgIpc) is 3.05. The summed E-state index contributed by atoms with van der Waals surface area (Å²) in [4.78, 5) is 17.1. The molecule has 2 aromatic heterocycles. The van der Waals surface area contributed by atoms with E-state index in [1.807, 2.05) is 38.4 Å². The third kappa shape index (κ3) is 2.60. The van der Waals surface area contributed by atoms with Gasteiger partial charge in [0.1, 0.15) is 5.82 Å². The van der Waals surface area contributed by atoms with Crippen molar-refractivity contribution in [3.8, 4) is 10.7 Å². The van der Waals surface area contributed by atoms with E-state index in [0.29, 0.717) is 25.1 Å². The van der Waals surface area contributed by atoms with Crippen molar-refractivity contribution in [2.45, 2.75) is 33.1 Å². The summed E-state index contributed by atoms with van der Waals surface area (Å²) in [5, 5.41) is 15.9. The zero-order valence-electron chi connectivity index (χ0n) is 12.0. The smallest absolute Gasteiger partial charge is 0.310 e. The van der Waals surface area contributed by atoms with Crippen molar-refractivity contribution in [2.75, 3.05) is 0 Å². The molecule has 0 unspecified atom stereocenters. The molecule has 0 saturated heterocycles. The van der Waals surface area contributed by atoms with Crippen LogP contribution in [0.3, 0.4) is 0 Å². The van der Waals surface area contributed by atoms with E-state index < -0.39 is 11.4 Å². The van der Waals surface area contributed by atoms with E-state index in [9.17, 15) is 9.90 Å². The molecule has 0 spiro atoms. The molecule has 2 aromatic rings. The molecule has 108 valence electrons. The van der Waals surface area contributed by atoms with Gasteiger partial charge in [-0.3, -0.25) is 9.48 Å². The molecule has 2 heterocycles. The van der Waals surface area contributed by atoms with E-state index in [2.05, 4.69) is 10.1 Å². The van der Waals surface area contributed by atoms with Gasteiger partial charge in [0.2, 0.25) is 0 Å². The zero-order chi connectivity index (χ0) is 14.8. The Kier molecular flexibility index (Phi) is 4.23. The molecule has 1 N–H and O–H groups in total. The number of carboxylic acids is 1. The van der Waals surface area contributed by atoms with Crippen LogP contribution < -0.4 is 0 Å². The number of carboxylic acid groups (broad SMARTS) is 1. The third-order valence-electron chi connectivity index (χ3n) is 3.90. The molecule has 0 aliphatic heterocycles. The fourth-order valence-corrected chi connectivity index (χ4v) is 2.91. The van der Waals surface area contributed by atoms with Crippen molar-refractivity contribution < 1.29 is 9.90 Å². The number of rotatable bonds is 6. The molecule has 6 heteroatoms. The summed E-state index contributed by atoms with van der Waals surface area (Å²) < 4.78 is 1.69. The van der Waals surface area contributed by atoms with Crippen LogP contribution in [0.15, 0.2) is 17.5 Å². The van der Waals surface area contributed by atoms with Crippen molar-refractivity contribution in [3.63, 3.8) is 0 Å². The van der Waals surface area contributed by atoms with E-state index in [4.69, 9.17) is 0 Å². The largest absolute Gasteiger partial charge is 0.481 e. The zero-order valence-corrected chi connectivity index (χ0v) is 12.8. The van der Waals surface area contributed by atoms with Crippen LogP contribution in [0.2, 0.25) is 0 Å². The van der Waals surface area contributed by atoms with Gasteiger partial charge in [-0.1, -0.05) is 19.9 Å². The van der Waals surface area contributed by atoms with Gasteiger partial charge in [0.05, 0.1) is 10.3 Å². The van der Waals surface area contributed by atoms with Crippen LogP contribution >= 0.6 is 11.3 Å². The lowest BCUT2D eigenvalue weighted by molar-refractivity contribution is -0.149. The molecule has 0 fully saturated rings. The van der Waals surface area contributed by atoms with Gasteiger partial charge in [-0.25, -0.2) is 4.98 Å². The lowest BCUT2D eigenvalue weighted by atomic mass is 9.79. The summed E-state index contributed by atoms with van der Waals surface area (Å²) in [6.07, 6.45) is 1.57. The Labute approximate surface area is 122 Å². The van der Waals surface area contributed by atoms with Crippen LogP contribution in [-0.4, -0.2) is 25.8 Å². The number of carbonyl (C=O) groups is 1. The van der Waals surface area contributed by atoms with Crippen molar-refractivity contribution in [1.29, 1.82) is 0 Å². The molecule has 20 heavy (non-hydrogen) atoms. The molecule has 0 bridgehead atoms. The fraction of sp³-hybridized carbons (Fsp3) is 0.500. The fourth-order valence-electron chi connectivity index (χ4n) is 2.26. The van der Waals surface area contributed by atoms with Crippen molar-refractivity contribution in [3.05, 3.63) is 23.3 Å². The summed E-state index contributed by atoms with van der Waals surface area (Å²) in [5.74, 6) is 0.631. The second kappa shape index (κ2) is 5.75. The van der Waals surface area contributed by atoms with Crippen molar-refractivity contribution in [1.82, 2.24) is 14.8 Å². The van der Waals surface area contributed by atoms with Gasteiger partial charge in [0.25, 0.3) is 0 Å². The quantitative estimate of drug-likeness (QED) is 0.889. The Morgan fingerprint density at radius 3 is 2.65 bits per heavy atom. The summed E-state index contributed by atoms with van der Waals surface area (Å²) in [6, 6.07) is 3.92. The molecule has 0 amide bonds. The number of hydrogen-bond acceptors (Lipinski definition) is 4. The second-order valence-electron chi connectivity index (χ2n) is 4.92. The normalized spacial score (nSPS) is 11.8. The van der Waals surface area contributed by atoms with E-state index in [1.165, 1.54) is 0 Å². The molecule has 0 aliphatic rings. The maximum absolute atomic E-state index is 11.6. The number of thiophene rings is 1. The lowest BCUT2D eigenvalue weighted by Gasteiger charge is -2.25. The van der Waals surface area contributed by atoms with Crippen LogP contribution in [-0.2, 0) is 18.3 Å². The first-order valence-corrected chi connectivity index (χ1v) is 7.57. The minimum Gasteiger partial charge on any atom is -0.481 e. The Hall–Kier alpha value is -1.69. The Bertz CT molecular complexity index is 586. The number of aromatic nitrogens is 3. The summed E-state index contributed by atoms with van der Waals surface area (Å²) >= 11 is 1.58. The lowest BCUT2D eigenvalue weighted by Crippen LogP contribution is -2.33. The predicted molar refractivity (Wildman–Crippen MR) is 78.7 cm³/mol. The molecule has 0 radical (unpaired) electrons. The van der Waals surface area contributed by atoms with Crippen LogP contribution in [0, 0.1) is 5.41 Å². The highest BCUT2D eigenvalue weighted by atomic mass is 32.1. The standard InChI is InChI=1S/C14H19N3O2S/c1-4-14(5-2,13(18)19)9-11-15-12(16-17(11)3)10-7-6-8-20-10/h6-8H,4-5,9H2,1-3H3,(H,18,19). The van der Waals surface area contributed by atoms with Crippen LogP contribution in [0.1, 0.15) is 32.5 Å². The van der Waals surface area contributed by atoms with Gasteiger partial charge < -0.3 is 5.11 Å². The maximum atomic E-state index is 11.6.